The molecule has 0 aliphatic heterocycles. The first-order valence-corrected chi connectivity index (χ1v) is 6.92. The Balaban J connectivity index is 0.00000208. The van der Waals surface area contributed by atoms with Gasteiger partial charge in [0.2, 0.25) is 0 Å². The number of aromatic nitrogens is 3. The Morgan fingerprint density at radius 1 is 1.25 bits per heavy atom. The zero-order valence-corrected chi connectivity index (χ0v) is 13.6. The summed E-state index contributed by atoms with van der Waals surface area (Å²) in [5.74, 6) is 0.560. The Kier molecular flexibility index (Phi) is 5.49. The Morgan fingerprint density at radius 2 is 2.00 bits per heavy atom. The predicted molar refractivity (Wildman–Crippen MR) is 91.5 cm³/mol. The molecule has 3 aromatic rings. The van der Waals surface area contributed by atoms with Gasteiger partial charge in [-0.15, -0.1) is 12.4 Å². The molecule has 0 bridgehead atoms. The van der Waals surface area contributed by atoms with Crippen molar-refractivity contribution >= 4 is 18.1 Å². The highest BCUT2D eigenvalue weighted by Crippen LogP contribution is 2.37. The van der Waals surface area contributed by atoms with Crippen molar-refractivity contribution in [1.82, 2.24) is 14.8 Å². The summed E-state index contributed by atoms with van der Waals surface area (Å²) in [4.78, 5) is 15.2. The number of ether oxygens (including phenoxy) is 1. The molecule has 0 amide bonds. The van der Waals surface area contributed by atoms with Crippen molar-refractivity contribution in [2.24, 2.45) is 0 Å². The van der Waals surface area contributed by atoms with Gasteiger partial charge in [-0.25, -0.2) is 9.67 Å². The fourth-order valence-electron chi connectivity index (χ4n) is 2.45. The molecule has 24 heavy (non-hydrogen) atoms. The van der Waals surface area contributed by atoms with Gasteiger partial charge in [0.05, 0.1) is 29.7 Å². The van der Waals surface area contributed by atoms with Crippen LogP contribution in [0.5, 0.6) is 5.75 Å². The van der Waals surface area contributed by atoms with Crippen molar-refractivity contribution in [1.29, 1.82) is 0 Å². The molecular weight excluding hydrogens is 332 g/mol. The number of methoxy groups -OCH3 is 1. The molecule has 0 spiro atoms. The van der Waals surface area contributed by atoms with E-state index in [1.165, 1.54) is 24.4 Å². The predicted octanol–water partition coefficient (Wildman–Crippen LogP) is 3.33. The monoisotopic (exact) mass is 346 g/mol. The molecule has 0 unspecified atom stereocenters. The normalized spacial score (nSPS) is 10.0. The average molecular weight is 347 g/mol. The van der Waals surface area contributed by atoms with Gasteiger partial charge in [0, 0.05) is 0 Å². The van der Waals surface area contributed by atoms with Crippen LogP contribution >= 0.6 is 12.4 Å². The number of nitro benzene ring substituents is 1. The molecule has 124 valence electrons. The summed E-state index contributed by atoms with van der Waals surface area (Å²) < 4.78 is 6.84. The van der Waals surface area contributed by atoms with Crippen molar-refractivity contribution in [3.05, 3.63) is 70.8 Å². The third-order valence-corrected chi connectivity index (χ3v) is 3.46. The molecule has 0 aliphatic rings. The standard InChI is InChI=1S/C16H14N4O3.ClH/c1-23-14-7-13(9-19-11-17-10-18-19)16(20(21)22)15(8-14)12-5-3-2-4-6-12;/h2-8,10-11H,9H2,1H3;1H. The highest BCUT2D eigenvalue weighted by molar-refractivity contribution is 5.85. The summed E-state index contributed by atoms with van der Waals surface area (Å²) in [5.41, 5.74) is 1.84. The summed E-state index contributed by atoms with van der Waals surface area (Å²) in [7, 11) is 1.54. The number of rotatable bonds is 5. The number of hydrogen-bond donors (Lipinski definition) is 0. The van der Waals surface area contributed by atoms with E-state index in [0.29, 0.717) is 16.9 Å². The first kappa shape index (κ1) is 17.4. The molecule has 0 saturated carbocycles. The van der Waals surface area contributed by atoms with Gasteiger partial charge in [-0.1, -0.05) is 30.3 Å². The van der Waals surface area contributed by atoms with Crippen LogP contribution in [-0.4, -0.2) is 26.8 Å². The third kappa shape index (κ3) is 3.52. The van der Waals surface area contributed by atoms with Gasteiger partial charge < -0.3 is 4.74 Å². The van der Waals surface area contributed by atoms with E-state index in [1.54, 1.807) is 12.1 Å². The summed E-state index contributed by atoms with van der Waals surface area (Å²) in [6, 6.07) is 12.6. The summed E-state index contributed by atoms with van der Waals surface area (Å²) in [6.07, 6.45) is 2.91. The zero-order valence-electron chi connectivity index (χ0n) is 12.8. The first-order chi connectivity index (χ1) is 11.2. The first-order valence-electron chi connectivity index (χ1n) is 6.92. The Hall–Kier alpha value is -2.93. The molecule has 8 heteroatoms. The van der Waals surface area contributed by atoms with Gasteiger partial charge in [0.15, 0.2) is 0 Å². The second-order valence-corrected chi connectivity index (χ2v) is 4.90. The maximum Gasteiger partial charge on any atom is 0.282 e. The Morgan fingerprint density at radius 3 is 2.58 bits per heavy atom. The molecule has 0 aliphatic carbocycles. The summed E-state index contributed by atoms with van der Waals surface area (Å²) >= 11 is 0. The van der Waals surface area contributed by atoms with E-state index in [9.17, 15) is 10.1 Å². The van der Waals surface area contributed by atoms with Crippen LogP contribution in [0.4, 0.5) is 5.69 Å². The van der Waals surface area contributed by atoms with Crippen molar-refractivity contribution in [3.8, 4) is 16.9 Å². The van der Waals surface area contributed by atoms with Crippen molar-refractivity contribution in [3.63, 3.8) is 0 Å². The van der Waals surface area contributed by atoms with E-state index >= 15 is 0 Å². The quantitative estimate of drug-likeness (QED) is 0.522. The van der Waals surface area contributed by atoms with E-state index in [0.717, 1.165) is 5.56 Å². The van der Waals surface area contributed by atoms with Crippen molar-refractivity contribution in [2.45, 2.75) is 6.54 Å². The molecule has 3 rings (SSSR count). The average Bonchev–Trinajstić information content (AvgIpc) is 3.07. The Bertz CT molecular complexity index is 823. The lowest BCUT2D eigenvalue weighted by molar-refractivity contribution is -0.384. The molecule has 2 aromatic carbocycles. The van der Waals surface area contributed by atoms with Crippen LogP contribution in [0, 0.1) is 10.1 Å². The summed E-state index contributed by atoms with van der Waals surface area (Å²) in [6.45, 7) is 0.243. The Labute approximate surface area is 144 Å². The van der Waals surface area contributed by atoms with Crippen LogP contribution in [0.2, 0.25) is 0 Å². The fourth-order valence-corrected chi connectivity index (χ4v) is 2.45. The minimum Gasteiger partial charge on any atom is -0.497 e. The van der Waals surface area contributed by atoms with Crippen LogP contribution in [0.3, 0.4) is 0 Å². The van der Waals surface area contributed by atoms with Crippen LogP contribution < -0.4 is 4.74 Å². The SMILES string of the molecule is COc1cc(Cn2cncn2)c([N+](=O)[O-])c(-c2ccccc2)c1.Cl. The molecule has 1 heterocycles. The lowest BCUT2D eigenvalue weighted by Gasteiger charge is -2.11. The maximum atomic E-state index is 11.7. The van der Waals surface area contributed by atoms with Gasteiger partial charge >= 0.3 is 0 Å². The molecule has 0 saturated heterocycles. The van der Waals surface area contributed by atoms with Gasteiger partial charge in [0.25, 0.3) is 5.69 Å². The van der Waals surface area contributed by atoms with E-state index in [-0.39, 0.29) is 29.6 Å². The topological polar surface area (TPSA) is 83.1 Å². The number of benzene rings is 2. The van der Waals surface area contributed by atoms with E-state index < -0.39 is 0 Å². The van der Waals surface area contributed by atoms with Gasteiger partial charge in [-0.05, 0) is 17.7 Å². The van der Waals surface area contributed by atoms with Crippen LogP contribution in [0.1, 0.15) is 5.56 Å². The maximum absolute atomic E-state index is 11.7. The van der Waals surface area contributed by atoms with E-state index in [1.807, 2.05) is 30.3 Å². The van der Waals surface area contributed by atoms with E-state index in [4.69, 9.17) is 4.74 Å². The molecule has 0 radical (unpaired) electrons. The van der Waals surface area contributed by atoms with Crippen LogP contribution in [0.25, 0.3) is 11.1 Å². The lowest BCUT2D eigenvalue weighted by Crippen LogP contribution is -2.05. The molecule has 1 aromatic heterocycles. The molecule has 0 fully saturated rings. The minimum atomic E-state index is -0.367. The number of nitrogens with zero attached hydrogens (tertiary/aromatic N) is 4. The van der Waals surface area contributed by atoms with Gasteiger partial charge in [0.1, 0.15) is 18.4 Å². The molecular formula is C16H15ClN4O3. The van der Waals surface area contributed by atoms with Crippen LogP contribution in [-0.2, 0) is 6.54 Å². The summed E-state index contributed by atoms with van der Waals surface area (Å²) in [5, 5.41) is 15.7. The highest BCUT2D eigenvalue weighted by Gasteiger charge is 2.23. The van der Waals surface area contributed by atoms with E-state index in [2.05, 4.69) is 10.1 Å². The number of halogens is 1. The second kappa shape index (κ2) is 7.56. The second-order valence-electron chi connectivity index (χ2n) is 4.90. The van der Waals surface area contributed by atoms with Crippen molar-refractivity contribution < 1.29 is 9.66 Å². The third-order valence-electron chi connectivity index (χ3n) is 3.46. The highest BCUT2D eigenvalue weighted by atomic mass is 35.5. The fraction of sp³-hybridized carbons (Fsp3) is 0.125. The molecule has 0 atom stereocenters. The molecule has 7 nitrogen and oxygen atoms in total. The van der Waals surface area contributed by atoms with Crippen molar-refractivity contribution in [2.75, 3.05) is 7.11 Å². The minimum absolute atomic E-state index is 0. The lowest BCUT2D eigenvalue weighted by atomic mass is 9.99. The van der Waals surface area contributed by atoms with Gasteiger partial charge in [-0.3, -0.25) is 10.1 Å². The largest absolute Gasteiger partial charge is 0.497 e. The van der Waals surface area contributed by atoms with Gasteiger partial charge in [-0.2, -0.15) is 5.10 Å². The zero-order chi connectivity index (χ0) is 16.2. The molecule has 0 N–H and O–H groups in total. The number of hydrogen-bond acceptors (Lipinski definition) is 5. The number of nitro groups is 1. The smallest absolute Gasteiger partial charge is 0.282 e. The van der Waals surface area contributed by atoms with Crippen LogP contribution in [0.15, 0.2) is 55.1 Å².